The average Bonchev–Trinajstić information content (AvgIpc) is 2.35. The van der Waals surface area contributed by atoms with Crippen molar-refractivity contribution < 1.29 is 4.79 Å². The number of benzene rings is 1. The molecule has 0 saturated carbocycles. The van der Waals surface area contributed by atoms with Crippen LogP contribution in [0.15, 0.2) is 33.7 Å². The number of carbonyl (C=O) groups is 1. The molecular formula is C12H16BrN3O. The molecular weight excluding hydrogens is 282 g/mol. The van der Waals surface area contributed by atoms with Crippen LogP contribution >= 0.6 is 15.9 Å². The summed E-state index contributed by atoms with van der Waals surface area (Å²) in [5.41, 5.74) is 5.69. The number of nitrogens with one attached hydrogen (secondary N) is 1. The molecule has 0 spiro atoms. The molecule has 5 heteroatoms. The van der Waals surface area contributed by atoms with Gasteiger partial charge in [0.2, 0.25) is 0 Å². The fourth-order valence-electron chi connectivity index (χ4n) is 1.60. The van der Waals surface area contributed by atoms with E-state index in [-0.39, 0.29) is 5.96 Å². The normalized spacial score (nSPS) is 15.1. The highest BCUT2D eigenvalue weighted by molar-refractivity contribution is 9.10. The summed E-state index contributed by atoms with van der Waals surface area (Å²) < 4.78 is 0.920. The maximum Gasteiger partial charge on any atom is 0.189 e. The van der Waals surface area contributed by atoms with Gasteiger partial charge in [-0.1, -0.05) is 35.0 Å². The van der Waals surface area contributed by atoms with Gasteiger partial charge in [0.25, 0.3) is 0 Å². The average molecular weight is 298 g/mol. The van der Waals surface area contributed by atoms with Gasteiger partial charge in [-0.15, -0.1) is 0 Å². The minimum absolute atomic E-state index is 0.249. The van der Waals surface area contributed by atoms with E-state index in [0.717, 1.165) is 16.3 Å². The zero-order valence-electron chi connectivity index (χ0n) is 9.90. The number of nitrogens with zero attached hydrogens (tertiary/aromatic N) is 1. The summed E-state index contributed by atoms with van der Waals surface area (Å²) in [6.45, 7) is 1.92. The van der Waals surface area contributed by atoms with E-state index in [4.69, 9.17) is 5.73 Å². The molecule has 17 heavy (non-hydrogen) atoms. The number of hydrogen-bond donors (Lipinski definition) is 2. The van der Waals surface area contributed by atoms with Crippen LogP contribution in [0.4, 0.5) is 0 Å². The molecule has 92 valence electrons. The lowest BCUT2D eigenvalue weighted by Gasteiger charge is -2.29. The van der Waals surface area contributed by atoms with Crippen molar-refractivity contribution in [1.82, 2.24) is 5.32 Å². The molecule has 0 fully saturated rings. The number of aldehydes is 1. The van der Waals surface area contributed by atoms with Gasteiger partial charge in [-0.3, -0.25) is 4.99 Å². The topological polar surface area (TPSA) is 67.5 Å². The van der Waals surface area contributed by atoms with Gasteiger partial charge in [-0.25, -0.2) is 0 Å². The van der Waals surface area contributed by atoms with Crippen LogP contribution in [0.25, 0.3) is 0 Å². The molecule has 0 bridgehead atoms. The van der Waals surface area contributed by atoms with E-state index in [1.807, 2.05) is 31.2 Å². The maximum atomic E-state index is 11.4. The SMILES string of the molecule is CCC(C=O)(NC(N)=NC)c1cccc(Br)c1. The van der Waals surface area contributed by atoms with Gasteiger partial charge in [-0.2, -0.15) is 0 Å². The van der Waals surface area contributed by atoms with Crippen molar-refractivity contribution in [3.8, 4) is 0 Å². The molecule has 0 amide bonds. The van der Waals surface area contributed by atoms with Crippen molar-refractivity contribution in [1.29, 1.82) is 0 Å². The molecule has 0 radical (unpaired) electrons. The number of carbonyl (C=O) groups excluding carboxylic acids is 1. The summed E-state index contributed by atoms with van der Waals surface area (Å²) in [5, 5.41) is 2.96. The van der Waals surface area contributed by atoms with Crippen LogP contribution in [0.5, 0.6) is 0 Å². The summed E-state index contributed by atoms with van der Waals surface area (Å²) in [7, 11) is 1.58. The lowest BCUT2D eigenvalue weighted by atomic mass is 9.89. The Bertz CT molecular complexity index is 434. The number of aliphatic imine (C=N–C) groups is 1. The highest BCUT2D eigenvalue weighted by atomic mass is 79.9. The predicted octanol–water partition coefficient (Wildman–Crippen LogP) is 1.79. The van der Waals surface area contributed by atoms with Crippen LogP contribution in [0.1, 0.15) is 18.9 Å². The lowest BCUT2D eigenvalue weighted by Crippen LogP contribution is -2.49. The highest BCUT2D eigenvalue weighted by Crippen LogP contribution is 2.25. The van der Waals surface area contributed by atoms with Crippen molar-refractivity contribution in [2.45, 2.75) is 18.9 Å². The summed E-state index contributed by atoms with van der Waals surface area (Å²) in [4.78, 5) is 15.3. The third-order valence-electron chi connectivity index (χ3n) is 2.69. The molecule has 1 aromatic carbocycles. The molecule has 1 rings (SSSR count). The first-order valence-corrected chi connectivity index (χ1v) is 6.10. The van der Waals surface area contributed by atoms with E-state index in [0.29, 0.717) is 6.42 Å². The third-order valence-corrected chi connectivity index (χ3v) is 3.18. The van der Waals surface area contributed by atoms with Crippen LogP contribution in [-0.4, -0.2) is 19.3 Å². The molecule has 0 aliphatic rings. The summed E-state index contributed by atoms with van der Waals surface area (Å²) in [6.07, 6.45) is 1.45. The smallest absolute Gasteiger partial charge is 0.189 e. The quantitative estimate of drug-likeness (QED) is 0.506. The zero-order valence-corrected chi connectivity index (χ0v) is 11.5. The molecule has 0 aliphatic carbocycles. The second kappa shape index (κ2) is 5.82. The maximum absolute atomic E-state index is 11.4. The summed E-state index contributed by atoms with van der Waals surface area (Å²) >= 11 is 3.39. The molecule has 1 unspecified atom stereocenters. The van der Waals surface area contributed by atoms with Gasteiger partial charge in [-0.05, 0) is 24.1 Å². The molecule has 1 aromatic rings. The van der Waals surface area contributed by atoms with Crippen molar-refractivity contribution in [2.24, 2.45) is 10.7 Å². The molecule has 0 heterocycles. The van der Waals surface area contributed by atoms with Crippen LogP contribution in [0.3, 0.4) is 0 Å². The number of hydrogen-bond acceptors (Lipinski definition) is 2. The minimum Gasteiger partial charge on any atom is -0.370 e. The van der Waals surface area contributed by atoms with E-state index >= 15 is 0 Å². The first kappa shape index (κ1) is 13.7. The Morgan fingerprint density at radius 2 is 2.35 bits per heavy atom. The fraction of sp³-hybridized carbons (Fsp3) is 0.333. The molecule has 0 aliphatic heterocycles. The Kier molecular flexibility index (Phi) is 4.69. The number of guanidine groups is 1. The number of nitrogens with two attached hydrogens (primary N) is 1. The Balaban J connectivity index is 3.19. The van der Waals surface area contributed by atoms with E-state index < -0.39 is 5.54 Å². The largest absolute Gasteiger partial charge is 0.370 e. The standard InChI is InChI=1S/C12H16BrN3O/c1-3-12(8-17,16-11(14)15-2)9-5-4-6-10(13)7-9/h4-8H,3H2,1-2H3,(H3,14,15,16). The lowest BCUT2D eigenvalue weighted by molar-refractivity contribution is -0.113. The van der Waals surface area contributed by atoms with Crippen molar-refractivity contribution in [2.75, 3.05) is 7.05 Å². The molecule has 3 N–H and O–H groups in total. The van der Waals surface area contributed by atoms with E-state index in [1.165, 1.54) is 0 Å². The Morgan fingerprint density at radius 1 is 1.65 bits per heavy atom. The number of halogens is 1. The van der Waals surface area contributed by atoms with Gasteiger partial charge in [0, 0.05) is 11.5 Å². The molecule has 1 atom stereocenters. The zero-order chi connectivity index (χ0) is 12.9. The monoisotopic (exact) mass is 297 g/mol. The Morgan fingerprint density at radius 3 is 2.82 bits per heavy atom. The van der Waals surface area contributed by atoms with Gasteiger partial charge in [0.15, 0.2) is 5.96 Å². The molecule has 0 saturated heterocycles. The van der Waals surface area contributed by atoms with Crippen LogP contribution in [0.2, 0.25) is 0 Å². The van der Waals surface area contributed by atoms with Gasteiger partial charge in [0.1, 0.15) is 11.8 Å². The second-order valence-electron chi connectivity index (χ2n) is 3.69. The predicted molar refractivity (Wildman–Crippen MR) is 72.9 cm³/mol. The van der Waals surface area contributed by atoms with Gasteiger partial charge < -0.3 is 15.8 Å². The van der Waals surface area contributed by atoms with Gasteiger partial charge >= 0.3 is 0 Å². The Hall–Kier alpha value is -1.36. The second-order valence-corrected chi connectivity index (χ2v) is 4.60. The summed E-state index contributed by atoms with van der Waals surface area (Å²) in [6, 6.07) is 7.58. The third kappa shape index (κ3) is 3.06. The molecule has 0 aromatic heterocycles. The highest BCUT2D eigenvalue weighted by Gasteiger charge is 2.30. The Labute approximate surface area is 109 Å². The minimum atomic E-state index is -0.826. The summed E-state index contributed by atoms with van der Waals surface area (Å²) in [5.74, 6) is 0.249. The van der Waals surface area contributed by atoms with Crippen molar-refractivity contribution in [3.05, 3.63) is 34.3 Å². The first-order chi connectivity index (χ1) is 8.07. The van der Waals surface area contributed by atoms with Gasteiger partial charge in [0.05, 0.1) is 0 Å². The number of rotatable bonds is 4. The van der Waals surface area contributed by atoms with Crippen molar-refractivity contribution in [3.63, 3.8) is 0 Å². The fourth-order valence-corrected chi connectivity index (χ4v) is 2.00. The van der Waals surface area contributed by atoms with E-state index in [1.54, 1.807) is 7.05 Å². The van der Waals surface area contributed by atoms with Crippen LogP contribution < -0.4 is 11.1 Å². The van der Waals surface area contributed by atoms with E-state index in [2.05, 4.69) is 26.2 Å². The van der Waals surface area contributed by atoms with Crippen LogP contribution in [-0.2, 0) is 10.3 Å². The van der Waals surface area contributed by atoms with E-state index in [9.17, 15) is 4.79 Å². The van der Waals surface area contributed by atoms with Crippen LogP contribution in [0, 0.1) is 0 Å². The first-order valence-electron chi connectivity index (χ1n) is 5.30. The molecule has 4 nitrogen and oxygen atoms in total. The van der Waals surface area contributed by atoms with Crippen molar-refractivity contribution >= 4 is 28.2 Å².